The van der Waals surface area contributed by atoms with Crippen LogP contribution in [0.4, 0.5) is 0 Å². The van der Waals surface area contributed by atoms with E-state index in [-0.39, 0.29) is 0 Å². The molecule has 0 spiro atoms. The van der Waals surface area contributed by atoms with Gasteiger partial charge in [-0.25, -0.2) is 0 Å². The van der Waals surface area contributed by atoms with E-state index in [1.54, 1.807) is 18.2 Å². The summed E-state index contributed by atoms with van der Waals surface area (Å²) in [5.74, 6) is 0.742. The van der Waals surface area contributed by atoms with Gasteiger partial charge in [-0.2, -0.15) is 0 Å². The minimum absolute atomic E-state index is 0.349. The van der Waals surface area contributed by atoms with E-state index in [2.05, 4.69) is 37.2 Å². The van der Waals surface area contributed by atoms with E-state index in [1.807, 2.05) is 19.2 Å². The van der Waals surface area contributed by atoms with E-state index in [9.17, 15) is 0 Å². The highest BCUT2D eigenvalue weighted by Crippen LogP contribution is 2.36. The highest BCUT2D eigenvalue weighted by Gasteiger charge is 2.10. The third-order valence-electron chi connectivity index (χ3n) is 2.82. The summed E-state index contributed by atoms with van der Waals surface area (Å²) in [6, 6.07) is 9.38. The van der Waals surface area contributed by atoms with Crippen molar-refractivity contribution in [1.82, 2.24) is 5.32 Å². The fourth-order valence-corrected chi connectivity index (χ4v) is 3.74. The number of halogens is 4. The Balaban J connectivity index is 2.18. The molecular formula is C15H13Br2Cl2NO. The van der Waals surface area contributed by atoms with Crippen molar-refractivity contribution in [2.75, 3.05) is 7.05 Å². The summed E-state index contributed by atoms with van der Waals surface area (Å²) in [6.07, 6.45) is 0. The normalized spacial score (nSPS) is 10.7. The van der Waals surface area contributed by atoms with E-state index < -0.39 is 0 Å². The third kappa shape index (κ3) is 4.60. The maximum absolute atomic E-state index is 6.14. The molecule has 0 aliphatic heterocycles. The van der Waals surface area contributed by atoms with Gasteiger partial charge in [0.05, 0.1) is 8.95 Å². The Morgan fingerprint density at radius 2 is 1.76 bits per heavy atom. The lowest BCUT2D eigenvalue weighted by atomic mass is 10.2. The molecule has 112 valence electrons. The number of benzene rings is 2. The summed E-state index contributed by atoms with van der Waals surface area (Å²) in [7, 11) is 1.91. The Morgan fingerprint density at radius 1 is 1.10 bits per heavy atom. The zero-order chi connectivity index (χ0) is 15.4. The van der Waals surface area contributed by atoms with Crippen molar-refractivity contribution >= 4 is 55.1 Å². The topological polar surface area (TPSA) is 21.3 Å². The molecule has 2 rings (SSSR count). The SMILES string of the molecule is CNCc1cc(Br)c(OCc2cc(Cl)ccc2Cl)c(Br)c1. The number of ether oxygens (including phenoxy) is 1. The van der Waals surface area contributed by atoms with E-state index in [4.69, 9.17) is 27.9 Å². The first-order valence-electron chi connectivity index (χ1n) is 6.20. The van der Waals surface area contributed by atoms with Crippen LogP contribution < -0.4 is 10.1 Å². The molecule has 2 nitrogen and oxygen atoms in total. The quantitative estimate of drug-likeness (QED) is 0.616. The standard InChI is InChI=1S/C15H13Br2Cl2NO/c1-20-7-9-4-12(16)15(13(17)5-9)21-8-10-6-11(18)2-3-14(10)19/h2-6,20H,7-8H2,1H3. The van der Waals surface area contributed by atoms with E-state index in [0.717, 1.165) is 32.4 Å². The fourth-order valence-electron chi connectivity index (χ4n) is 1.86. The van der Waals surface area contributed by atoms with Gasteiger partial charge in [0.15, 0.2) is 0 Å². The van der Waals surface area contributed by atoms with Crippen LogP contribution in [0.2, 0.25) is 10.0 Å². The van der Waals surface area contributed by atoms with Crippen molar-refractivity contribution in [2.45, 2.75) is 13.2 Å². The molecule has 0 aromatic heterocycles. The lowest BCUT2D eigenvalue weighted by Gasteiger charge is -2.13. The molecule has 0 bridgehead atoms. The van der Waals surface area contributed by atoms with Crippen molar-refractivity contribution in [3.8, 4) is 5.75 Å². The lowest BCUT2D eigenvalue weighted by molar-refractivity contribution is 0.302. The van der Waals surface area contributed by atoms with Crippen LogP contribution in [0.15, 0.2) is 39.3 Å². The summed E-state index contributed by atoms with van der Waals surface area (Å²) in [6.45, 7) is 1.14. The van der Waals surface area contributed by atoms with Crippen molar-refractivity contribution in [3.05, 3.63) is 60.4 Å². The first-order chi connectivity index (χ1) is 10.0. The zero-order valence-corrected chi connectivity index (χ0v) is 15.9. The average molecular weight is 454 g/mol. The van der Waals surface area contributed by atoms with Gasteiger partial charge >= 0.3 is 0 Å². The van der Waals surface area contributed by atoms with E-state index >= 15 is 0 Å². The maximum Gasteiger partial charge on any atom is 0.148 e. The lowest BCUT2D eigenvalue weighted by Crippen LogP contribution is -2.05. The summed E-state index contributed by atoms with van der Waals surface area (Å²) in [5.41, 5.74) is 2.01. The van der Waals surface area contributed by atoms with Crippen LogP contribution in [0.3, 0.4) is 0 Å². The minimum Gasteiger partial charge on any atom is -0.486 e. The van der Waals surface area contributed by atoms with Gasteiger partial charge in [-0.05, 0) is 74.8 Å². The van der Waals surface area contributed by atoms with Gasteiger partial charge in [-0.3, -0.25) is 0 Å². The van der Waals surface area contributed by atoms with Crippen LogP contribution in [0, 0.1) is 0 Å². The molecule has 0 atom stereocenters. The number of hydrogen-bond acceptors (Lipinski definition) is 2. The summed E-state index contributed by atoms with van der Waals surface area (Å²) in [5, 5.41) is 4.39. The Bertz CT molecular complexity index is 627. The molecule has 21 heavy (non-hydrogen) atoms. The molecule has 0 fully saturated rings. The molecule has 0 saturated carbocycles. The second kappa shape index (κ2) is 7.84. The van der Waals surface area contributed by atoms with Gasteiger partial charge in [-0.15, -0.1) is 0 Å². The van der Waals surface area contributed by atoms with E-state index in [0.29, 0.717) is 16.7 Å². The number of nitrogens with one attached hydrogen (secondary N) is 1. The van der Waals surface area contributed by atoms with Crippen molar-refractivity contribution in [2.24, 2.45) is 0 Å². The van der Waals surface area contributed by atoms with Gasteiger partial charge < -0.3 is 10.1 Å². The Morgan fingerprint density at radius 3 is 2.38 bits per heavy atom. The molecule has 0 heterocycles. The van der Waals surface area contributed by atoms with Gasteiger partial charge in [0, 0.05) is 22.2 Å². The number of rotatable bonds is 5. The molecule has 2 aromatic carbocycles. The second-order valence-corrected chi connectivity index (χ2v) is 7.00. The third-order valence-corrected chi connectivity index (χ3v) is 4.60. The van der Waals surface area contributed by atoms with Gasteiger partial charge in [0.1, 0.15) is 12.4 Å². The molecule has 0 aliphatic rings. The summed E-state index contributed by atoms with van der Waals surface area (Å²) < 4.78 is 7.64. The molecule has 0 aliphatic carbocycles. The first-order valence-corrected chi connectivity index (χ1v) is 8.54. The molecule has 0 unspecified atom stereocenters. The van der Waals surface area contributed by atoms with Gasteiger partial charge in [-0.1, -0.05) is 23.2 Å². The minimum atomic E-state index is 0.349. The monoisotopic (exact) mass is 451 g/mol. The molecule has 0 saturated heterocycles. The molecule has 1 N–H and O–H groups in total. The molecule has 2 aromatic rings. The maximum atomic E-state index is 6.14. The fraction of sp³-hybridized carbons (Fsp3) is 0.200. The Hall–Kier alpha value is -0.260. The largest absolute Gasteiger partial charge is 0.486 e. The van der Waals surface area contributed by atoms with Crippen LogP contribution in [-0.4, -0.2) is 7.05 Å². The Kier molecular flexibility index (Phi) is 6.38. The van der Waals surface area contributed by atoms with Gasteiger partial charge in [0.25, 0.3) is 0 Å². The van der Waals surface area contributed by atoms with Crippen molar-refractivity contribution < 1.29 is 4.74 Å². The van der Waals surface area contributed by atoms with E-state index in [1.165, 1.54) is 0 Å². The molecular weight excluding hydrogens is 441 g/mol. The van der Waals surface area contributed by atoms with Crippen LogP contribution in [-0.2, 0) is 13.2 Å². The predicted molar refractivity (Wildman–Crippen MR) is 95.4 cm³/mol. The first kappa shape index (κ1) is 17.1. The number of hydrogen-bond donors (Lipinski definition) is 1. The zero-order valence-electron chi connectivity index (χ0n) is 11.2. The molecule has 0 amide bonds. The summed E-state index contributed by atoms with van der Waals surface area (Å²) >= 11 is 19.2. The van der Waals surface area contributed by atoms with Crippen LogP contribution in [0.1, 0.15) is 11.1 Å². The smallest absolute Gasteiger partial charge is 0.148 e. The highest BCUT2D eigenvalue weighted by atomic mass is 79.9. The van der Waals surface area contributed by atoms with Crippen molar-refractivity contribution in [3.63, 3.8) is 0 Å². The average Bonchev–Trinajstić information content (AvgIpc) is 2.42. The Labute approximate surface area is 151 Å². The second-order valence-electron chi connectivity index (χ2n) is 4.44. The molecule has 6 heteroatoms. The van der Waals surface area contributed by atoms with Crippen molar-refractivity contribution in [1.29, 1.82) is 0 Å². The predicted octanol–water partition coefficient (Wildman–Crippen LogP) is 5.82. The van der Waals surface area contributed by atoms with Gasteiger partial charge in [0.2, 0.25) is 0 Å². The highest BCUT2D eigenvalue weighted by molar-refractivity contribution is 9.11. The van der Waals surface area contributed by atoms with Crippen LogP contribution in [0.25, 0.3) is 0 Å². The van der Waals surface area contributed by atoms with Crippen LogP contribution in [0.5, 0.6) is 5.75 Å². The van der Waals surface area contributed by atoms with Crippen LogP contribution >= 0.6 is 55.1 Å². The molecule has 0 radical (unpaired) electrons. The summed E-state index contributed by atoms with van der Waals surface area (Å²) in [4.78, 5) is 0.